The van der Waals surface area contributed by atoms with E-state index in [1.54, 1.807) is 13.0 Å². The highest BCUT2D eigenvalue weighted by Crippen LogP contribution is 2.28. The van der Waals surface area contributed by atoms with Crippen molar-refractivity contribution in [2.75, 3.05) is 13.2 Å². The molecule has 0 fully saturated rings. The minimum Gasteiger partial charge on any atom is -0.462 e. The van der Waals surface area contributed by atoms with Crippen LogP contribution in [0.5, 0.6) is 0 Å². The van der Waals surface area contributed by atoms with Crippen molar-refractivity contribution < 1.29 is 27.3 Å². The molecule has 6 nitrogen and oxygen atoms in total. The summed E-state index contributed by atoms with van der Waals surface area (Å²) >= 11 is 0. The largest absolute Gasteiger partial charge is 0.462 e. The lowest BCUT2D eigenvalue weighted by Gasteiger charge is -2.39. The summed E-state index contributed by atoms with van der Waals surface area (Å²) in [6.07, 6.45) is 3.27. The molecule has 0 aliphatic carbocycles. The average molecular weight is 599 g/mol. The van der Waals surface area contributed by atoms with Crippen molar-refractivity contribution in [3.05, 3.63) is 89.5 Å². The van der Waals surface area contributed by atoms with Crippen molar-refractivity contribution in [1.82, 2.24) is 0 Å². The van der Waals surface area contributed by atoms with E-state index in [0.29, 0.717) is 6.04 Å². The fraction of sp³-hybridized carbons (Fsp3) is 0.419. The van der Waals surface area contributed by atoms with E-state index in [2.05, 4.69) is 45.8 Å². The van der Waals surface area contributed by atoms with Crippen LogP contribution in [-0.4, -0.2) is 50.3 Å². The van der Waals surface area contributed by atoms with Gasteiger partial charge in [0.15, 0.2) is 16.6 Å². The van der Waals surface area contributed by atoms with E-state index in [0.717, 1.165) is 16.7 Å². The molecule has 0 aromatic heterocycles. The Kier molecular flexibility index (Phi) is 12.5. The predicted molar refractivity (Wildman–Crippen MR) is 170 cm³/mol. The molecule has 0 saturated heterocycles. The van der Waals surface area contributed by atoms with E-state index >= 15 is 0 Å². The highest BCUT2D eigenvalue weighted by atomic mass is 28.5. The number of ether oxygens (including phenoxy) is 2. The highest BCUT2D eigenvalue weighted by Gasteiger charge is 2.41. The summed E-state index contributed by atoms with van der Waals surface area (Å²) in [4.78, 5) is 26.0. The van der Waals surface area contributed by atoms with Crippen LogP contribution in [0, 0.1) is 5.92 Å². The smallest absolute Gasteiger partial charge is 0.345 e. The summed E-state index contributed by atoms with van der Waals surface area (Å²) in [6, 6.07) is 20.3. The van der Waals surface area contributed by atoms with E-state index in [1.165, 1.54) is 6.08 Å². The van der Waals surface area contributed by atoms with Crippen LogP contribution in [0.1, 0.15) is 25.0 Å². The number of esters is 2. The summed E-state index contributed by atoms with van der Waals surface area (Å²) < 4.78 is 24.1. The lowest BCUT2D eigenvalue weighted by atomic mass is 9.97. The fourth-order valence-corrected chi connectivity index (χ4v) is 17.5. The second-order valence-corrected chi connectivity index (χ2v) is 24.8. The third-order valence-corrected chi connectivity index (χ3v) is 15.4. The molecule has 0 aliphatic rings. The Balaban J connectivity index is 2.30. The van der Waals surface area contributed by atoms with Gasteiger partial charge in [-0.15, -0.1) is 0 Å². The summed E-state index contributed by atoms with van der Waals surface area (Å²) in [7, 11) is -6.20. The standard InChI is InChI=1S/C31H46O6Si3/c1-10-34-30(32)29(22-21-28(26-17-13-11-14-18-26)27-19-15-12-16-20-27)31(33)35-23-25(2)24-40(9,36-38(3,4)5)37-39(6,7)8/h11-22,25H,10,23-24H2,1-9H3/b29-22+. The van der Waals surface area contributed by atoms with Crippen LogP contribution in [-0.2, 0) is 27.3 Å². The first-order valence-corrected chi connectivity index (χ1v) is 23.2. The van der Waals surface area contributed by atoms with Crippen molar-refractivity contribution in [2.45, 2.75) is 65.7 Å². The zero-order chi connectivity index (χ0) is 30.0. The van der Waals surface area contributed by atoms with Crippen molar-refractivity contribution >= 4 is 42.7 Å². The lowest BCUT2D eigenvalue weighted by Crippen LogP contribution is -2.53. The number of hydrogen-bond donors (Lipinski definition) is 0. The molecule has 0 spiro atoms. The van der Waals surface area contributed by atoms with Crippen LogP contribution in [0.4, 0.5) is 0 Å². The molecule has 0 bridgehead atoms. The van der Waals surface area contributed by atoms with Crippen LogP contribution in [0.15, 0.2) is 78.4 Å². The van der Waals surface area contributed by atoms with E-state index in [9.17, 15) is 9.59 Å². The van der Waals surface area contributed by atoms with E-state index in [1.807, 2.05) is 67.6 Å². The van der Waals surface area contributed by atoms with Gasteiger partial charge in [-0.05, 0) is 87.5 Å². The van der Waals surface area contributed by atoms with Crippen molar-refractivity contribution in [3.8, 4) is 0 Å². The van der Waals surface area contributed by atoms with Gasteiger partial charge in [0.2, 0.25) is 0 Å². The molecule has 2 aromatic carbocycles. The van der Waals surface area contributed by atoms with Crippen LogP contribution in [0.2, 0.25) is 51.9 Å². The van der Waals surface area contributed by atoms with E-state index in [-0.39, 0.29) is 24.7 Å². The molecule has 1 atom stereocenters. The summed E-state index contributed by atoms with van der Waals surface area (Å²) in [5.41, 5.74) is 2.65. The maximum Gasteiger partial charge on any atom is 0.345 e. The second-order valence-electron chi connectivity index (χ2n) is 12.1. The Hall–Kier alpha value is -2.57. The Labute approximate surface area is 243 Å². The third kappa shape index (κ3) is 11.9. The van der Waals surface area contributed by atoms with Crippen molar-refractivity contribution in [1.29, 1.82) is 0 Å². The topological polar surface area (TPSA) is 71.1 Å². The number of hydrogen-bond acceptors (Lipinski definition) is 6. The molecule has 218 valence electrons. The summed E-state index contributed by atoms with van der Waals surface area (Å²) in [5.74, 6) is -1.42. The molecule has 9 heteroatoms. The number of benzene rings is 2. The molecule has 0 aliphatic heterocycles. The summed E-state index contributed by atoms with van der Waals surface area (Å²) in [5, 5.41) is 0. The Bertz CT molecular complexity index is 1110. The zero-order valence-corrected chi connectivity index (χ0v) is 28.6. The number of carbonyl (C=O) groups is 2. The maximum absolute atomic E-state index is 13.2. The molecule has 0 saturated carbocycles. The van der Waals surface area contributed by atoms with Crippen molar-refractivity contribution in [3.63, 3.8) is 0 Å². The van der Waals surface area contributed by atoms with Gasteiger partial charge in [0, 0.05) is 0 Å². The molecule has 1 unspecified atom stereocenters. The van der Waals surface area contributed by atoms with Crippen LogP contribution in [0.25, 0.3) is 5.57 Å². The van der Waals surface area contributed by atoms with Crippen LogP contribution >= 0.6 is 0 Å². The van der Waals surface area contributed by atoms with Gasteiger partial charge >= 0.3 is 20.5 Å². The zero-order valence-electron chi connectivity index (χ0n) is 25.6. The summed E-state index contributed by atoms with van der Waals surface area (Å²) in [6.45, 7) is 19.1. The van der Waals surface area contributed by atoms with Gasteiger partial charge in [0.25, 0.3) is 0 Å². The van der Waals surface area contributed by atoms with E-state index < -0.39 is 37.1 Å². The molecule has 0 heterocycles. The Morgan fingerprint density at radius 3 is 1.60 bits per heavy atom. The van der Waals surface area contributed by atoms with Gasteiger partial charge < -0.3 is 17.7 Å². The lowest BCUT2D eigenvalue weighted by molar-refractivity contribution is -0.147. The minimum absolute atomic E-state index is 0.00324. The Morgan fingerprint density at radius 2 is 1.18 bits per heavy atom. The Morgan fingerprint density at radius 1 is 0.725 bits per heavy atom. The van der Waals surface area contributed by atoms with Gasteiger partial charge in [-0.3, -0.25) is 0 Å². The van der Waals surface area contributed by atoms with Crippen LogP contribution in [0.3, 0.4) is 0 Å². The van der Waals surface area contributed by atoms with Gasteiger partial charge in [0.1, 0.15) is 5.57 Å². The third-order valence-electron chi connectivity index (χ3n) is 5.56. The molecular weight excluding hydrogens is 553 g/mol. The van der Waals surface area contributed by atoms with Gasteiger partial charge in [-0.2, -0.15) is 0 Å². The van der Waals surface area contributed by atoms with E-state index in [4.69, 9.17) is 17.7 Å². The SMILES string of the molecule is CCOC(=O)/C(=C\C=C(c1ccccc1)c1ccccc1)C(=O)OCC(C)C[Si](C)(O[Si](C)(C)C)O[Si](C)(C)C. The fourth-order valence-electron chi connectivity index (χ4n) is 4.58. The molecule has 0 radical (unpaired) electrons. The van der Waals surface area contributed by atoms with Crippen molar-refractivity contribution in [2.24, 2.45) is 5.92 Å². The monoisotopic (exact) mass is 598 g/mol. The van der Waals surface area contributed by atoms with Crippen LogP contribution < -0.4 is 0 Å². The number of allylic oxidation sites excluding steroid dienone is 2. The first-order chi connectivity index (χ1) is 18.6. The molecule has 0 N–H and O–H groups in total. The quantitative estimate of drug-likeness (QED) is 0.0558. The number of carbonyl (C=O) groups excluding carboxylic acids is 2. The number of rotatable bonds is 14. The maximum atomic E-state index is 13.2. The van der Waals surface area contributed by atoms with Gasteiger partial charge in [0.05, 0.1) is 13.2 Å². The molecule has 40 heavy (non-hydrogen) atoms. The average Bonchev–Trinajstić information content (AvgIpc) is 2.84. The normalized spacial score (nSPS) is 13.4. The first kappa shape index (κ1) is 33.6. The molecular formula is C31H46O6Si3. The predicted octanol–water partition coefficient (Wildman–Crippen LogP) is 7.56. The van der Waals surface area contributed by atoms with Gasteiger partial charge in [-0.25, -0.2) is 9.59 Å². The minimum atomic E-state index is -2.51. The second kappa shape index (κ2) is 14.9. The molecule has 0 amide bonds. The first-order valence-electron chi connectivity index (χ1n) is 13.9. The molecule has 2 aromatic rings. The van der Waals surface area contributed by atoms with Gasteiger partial charge in [-0.1, -0.05) is 73.7 Å². The molecule has 2 rings (SSSR count). The highest BCUT2D eigenvalue weighted by molar-refractivity contribution is 6.87.